The Morgan fingerprint density at radius 2 is 0.920 bits per heavy atom. The summed E-state index contributed by atoms with van der Waals surface area (Å²) in [6, 6.07) is 15.0. The van der Waals surface area contributed by atoms with Crippen LogP contribution in [0.25, 0.3) is 0 Å². The highest BCUT2D eigenvalue weighted by atomic mass is 16.6. The topological polar surface area (TPSA) is 46.2 Å². The van der Waals surface area contributed by atoms with Crippen LogP contribution >= 0.6 is 0 Å². The minimum absolute atomic E-state index is 0.262. The molecule has 1 aliphatic heterocycles. The van der Waals surface area contributed by atoms with Crippen LogP contribution in [0, 0.1) is 11.8 Å². The maximum atomic E-state index is 5.71. The minimum Gasteiger partial charge on any atom is -0.487 e. The van der Waals surface area contributed by atoms with Crippen molar-refractivity contribution in [1.29, 1.82) is 0 Å². The molecule has 130 valence electrons. The molecule has 0 bridgehead atoms. The molecule has 0 atom stereocenters. The average molecular weight is 340 g/mol. The zero-order valence-electron chi connectivity index (χ0n) is 13.9. The molecule has 3 rings (SSSR count). The molecular formula is C20H20O5. The van der Waals surface area contributed by atoms with Crippen molar-refractivity contribution < 1.29 is 23.7 Å². The number of hydrogen-bond donors (Lipinski definition) is 0. The summed E-state index contributed by atoms with van der Waals surface area (Å²) in [7, 11) is 0. The summed E-state index contributed by atoms with van der Waals surface area (Å²) < 4.78 is 28.3. The van der Waals surface area contributed by atoms with Gasteiger partial charge >= 0.3 is 0 Å². The Hall–Kier alpha value is -2.84. The normalized spacial score (nSPS) is 15.4. The molecule has 0 fully saturated rings. The monoisotopic (exact) mass is 340 g/mol. The summed E-state index contributed by atoms with van der Waals surface area (Å²) in [6.07, 6.45) is 0. The molecule has 0 aliphatic carbocycles. The molecule has 0 unspecified atom stereocenters. The molecule has 25 heavy (non-hydrogen) atoms. The Bertz CT molecular complexity index is 673. The van der Waals surface area contributed by atoms with Crippen molar-refractivity contribution in [2.24, 2.45) is 0 Å². The van der Waals surface area contributed by atoms with Crippen LogP contribution in [0.3, 0.4) is 0 Å². The summed E-state index contributed by atoms with van der Waals surface area (Å²) in [4.78, 5) is 0. The van der Waals surface area contributed by atoms with E-state index < -0.39 is 0 Å². The van der Waals surface area contributed by atoms with Crippen molar-refractivity contribution >= 4 is 0 Å². The van der Waals surface area contributed by atoms with E-state index in [1.807, 2.05) is 48.5 Å². The van der Waals surface area contributed by atoms with E-state index in [4.69, 9.17) is 23.7 Å². The molecule has 0 amide bonds. The fraction of sp³-hybridized carbons (Fsp3) is 0.300. The Morgan fingerprint density at radius 1 is 0.520 bits per heavy atom. The predicted octanol–water partition coefficient (Wildman–Crippen LogP) is 2.94. The van der Waals surface area contributed by atoms with Crippen LogP contribution in [0.4, 0.5) is 0 Å². The quantitative estimate of drug-likeness (QED) is 0.690. The minimum atomic E-state index is 0.262. The number of benzene rings is 2. The van der Waals surface area contributed by atoms with Gasteiger partial charge in [-0.25, -0.2) is 0 Å². The molecular weight excluding hydrogens is 320 g/mol. The molecule has 0 saturated heterocycles. The van der Waals surface area contributed by atoms with E-state index in [0.717, 1.165) is 0 Å². The van der Waals surface area contributed by atoms with Gasteiger partial charge in [0, 0.05) is 0 Å². The lowest BCUT2D eigenvalue weighted by Gasteiger charge is -2.12. The van der Waals surface area contributed by atoms with E-state index in [0.29, 0.717) is 49.4 Å². The Kier molecular flexibility index (Phi) is 6.43. The number of fused-ring (bicyclic) bond motifs is 2. The number of hydrogen-bond acceptors (Lipinski definition) is 5. The van der Waals surface area contributed by atoms with Crippen LogP contribution in [0.2, 0.25) is 0 Å². The van der Waals surface area contributed by atoms with Crippen LogP contribution in [0.5, 0.6) is 23.0 Å². The van der Waals surface area contributed by atoms with Crippen molar-refractivity contribution in [2.45, 2.75) is 0 Å². The van der Waals surface area contributed by atoms with Gasteiger partial charge in [-0.05, 0) is 24.3 Å². The standard InChI is InChI=1S/C20H20O5/c1-3-9-19-17(7-1)22-11-5-6-12-23-18-8-2-4-10-20(18)25-16-14-21-13-15-24-19/h1-4,7-10H,11-16H2. The van der Waals surface area contributed by atoms with Gasteiger partial charge in [0.1, 0.15) is 26.4 Å². The van der Waals surface area contributed by atoms with Crippen LogP contribution in [-0.2, 0) is 4.74 Å². The zero-order chi connectivity index (χ0) is 17.2. The first-order valence-corrected chi connectivity index (χ1v) is 8.16. The number of para-hydroxylation sites is 4. The summed E-state index contributed by atoms with van der Waals surface area (Å²) in [5.41, 5.74) is 0. The fourth-order valence-corrected chi connectivity index (χ4v) is 2.23. The molecule has 0 aromatic heterocycles. The second-order valence-corrected chi connectivity index (χ2v) is 5.13. The van der Waals surface area contributed by atoms with Crippen molar-refractivity contribution in [3.63, 3.8) is 0 Å². The first-order chi connectivity index (χ1) is 12.4. The van der Waals surface area contributed by atoms with Gasteiger partial charge in [0.2, 0.25) is 0 Å². The Morgan fingerprint density at radius 3 is 1.36 bits per heavy atom. The van der Waals surface area contributed by atoms with Crippen molar-refractivity contribution in [2.75, 3.05) is 39.6 Å². The Balaban J connectivity index is 1.66. The molecule has 5 nitrogen and oxygen atoms in total. The zero-order valence-corrected chi connectivity index (χ0v) is 13.9. The van der Waals surface area contributed by atoms with E-state index >= 15 is 0 Å². The van der Waals surface area contributed by atoms with Crippen molar-refractivity contribution in [3.8, 4) is 34.8 Å². The van der Waals surface area contributed by atoms with Gasteiger partial charge in [0.15, 0.2) is 23.0 Å². The average Bonchev–Trinajstić information content (AvgIpc) is 2.65. The molecule has 0 N–H and O–H groups in total. The van der Waals surface area contributed by atoms with E-state index in [1.54, 1.807) is 0 Å². The largest absolute Gasteiger partial charge is 0.487 e. The van der Waals surface area contributed by atoms with Crippen LogP contribution in [0.1, 0.15) is 0 Å². The number of rotatable bonds is 0. The molecule has 1 aliphatic rings. The third kappa shape index (κ3) is 5.33. The van der Waals surface area contributed by atoms with Crippen molar-refractivity contribution in [3.05, 3.63) is 48.5 Å². The lowest BCUT2D eigenvalue weighted by atomic mass is 10.3. The first kappa shape index (κ1) is 17.0. The molecule has 2 aromatic carbocycles. The second kappa shape index (κ2) is 9.45. The fourth-order valence-electron chi connectivity index (χ4n) is 2.23. The number of ether oxygens (including phenoxy) is 5. The van der Waals surface area contributed by atoms with Crippen molar-refractivity contribution in [1.82, 2.24) is 0 Å². The summed E-state index contributed by atoms with van der Waals surface area (Å²) >= 11 is 0. The van der Waals surface area contributed by atoms with Gasteiger partial charge in [-0.3, -0.25) is 0 Å². The third-order valence-corrected chi connectivity index (χ3v) is 3.39. The van der Waals surface area contributed by atoms with Gasteiger partial charge in [-0.15, -0.1) is 0 Å². The van der Waals surface area contributed by atoms with Gasteiger partial charge in [-0.1, -0.05) is 36.1 Å². The van der Waals surface area contributed by atoms with E-state index in [-0.39, 0.29) is 13.2 Å². The highest BCUT2D eigenvalue weighted by Gasteiger charge is 2.05. The molecule has 1 heterocycles. The van der Waals surface area contributed by atoms with E-state index in [1.165, 1.54) is 0 Å². The molecule has 0 radical (unpaired) electrons. The van der Waals surface area contributed by atoms with E-state index in [9.17, 15) is 0 Å². The molecule has 2 aromatic rings. The lowest BCUT2D eigenvalue weighted by molar-refractivity contribution is 0.0749. The predicted molar refractivity (Wildman–Crippen MR) is 93.5 cm³/mol. The van der Waals surface area contributed by atoms with Gasteiger partial charge in [0.05, 0.1) is 13.2 Å². The third-order valence-electron chi connectivity index (χ3n) is 3.39. The van der Waals surface area contributed by atoms with Gasteiger partial charge in [0.25, 0.3) is 0 Å². The molecule has 0 saturated carbocycles. The Labute approximate surface area is 147 Å². The maximum Gasteiger partial charge on any atom is 0.162 e. The van der Waals surface area contributed by atoms with Gasteiger partial charge in [-0.2, -0.15) is 0 Å². The molecule has 0 spiro atoms. The SMILES string of the molecule is C1#CCOc2ccccc2OCCOCCOc2ccccc2OC1. The van der Waals surface area contributed by atoms with Gasteiger partial charge < -0.3 is 23.7 Å². The second-order valence-electron chi connectivity index (χ2n) is 5.13. The summed E-state index contributed by atoms with van der Waals surface area (Å²) in [6.45, 7) is 2.33. The van der Waals surface area contributed by atoms with Crippen LogP contribution in [0.15, 0.2) is 48.5 Å². The highest BCUT2D eigenvalue weighted by molar-refractivity contribution is 5.40. The first-order valence-electron chi connectivity index (χ1n) is 8.16. The highest BCUT2D eigenvalue weighted by Crippen LogP contribution is 2.27. The smallest absolute Gasteiger partial charge is 0.162 e. The lowest BCUT2D eigenvalue weighted by Crippen LogP contribution is -2.12. The van der Waals surface area contributed by atoms with E-state index in [2.05, 4.69) is 11.8 Å². The molecule has 5 heteroatoms. The summed E-state index contributed by atoms with van der Waals surface area (Å²) in [5.74, 6) is 8.55. The maximum absolute atomic E-state index is 5.71. The van der Waals surface area contributed by atoms with Crippen LogP contribution < -0.4 is 18.9 Å². The summed E-state index contributed by atoms with van der Waals surface area (Å²) in [5, 5.41) is 0. The van der Waals surface area contributed by atoms with Crippen LogP contribution in [-0.4, -0.2) is 39.6 Å².